The summed E-state index contributed by atoms with van der Waals surface area (Å²) in [5.74, 6) is 0.201. The van der Waals surface area contributed by atoms with Crippen LogP contribution in [0.25, 0.3) is 21.1 Å². The number of aromatic amines is 1. The Bertz CT molecular complexity index is 1130. The quantitative estimate of drug-likeness (QED) is 0.479. The Morgan fingerprint density at radius 2 is 2.04 bits per heavy atom. The molecule has 4 aromatic rings. The van der Waals surface area contributed by atoms with Gasteiger partial charge in [0.25, 0.3) is 5.91 Å². The first-order valence-corrected chi connectivity index (χ1v) is 9.88. The van der Waals surface area contributed by atoms with Crippen molar-refractivity contribution in [2.75, 3.05) is 12.3 Å². The van der Waals surface area contributed by atoms with Crippen molar-refractivity contribution >= 4 is 44.1 Å². The summed E-state index contributed by atoms with van der Waals surface area (Å²) in [6, 6.07) is 12.1. The Balaban J connectivity index is 1.48. The molecule has 3 aromatic heterocycles. The highest BCUT2D eigenvalue weighted by Crippen LogP contribution is 2.33. The number of carbonyl (C=O) groups is 1. The second kappa shape index (κ2) is 7.04. The van der Waals surface area contributed by atoms with Crippen molar-refractivity contribution in [2.24, 2.45) is 0 Å². The molecule has 0 saturated carbocycles. The van der Waals surface area contributed by atoms with Crippen molar-refractivity contribution in [2.45, 2.75) is 26.2 Å². The normalized spacial score (nSPS) is 11.5. The maximum atomic E-state index is 12.6. The Hall–Kier alpha value is -2.86. The number of nitrogens with one attached hydrogen (secondary N) is 2. The van der Waals surface area contributed by atoms with Crippen molar-refractivity contribution in [3.05, 3.63) is 58.7 Å². The van der Waals surface area contributed by atoms with E-state index in [0.717, 1.165) is 27.8 Å². The lowest BCUT2D eigenvalue weighted by Gasteiger charge is -2.04. The number of aromatic nitrogens is 2. The monoisotopic (exact) mass is 378 g/mol. The molecule has 0 spiro atoms. The molecule has 27 heavy (non-hydrogen) atoms. The summed E-state index contributed by atoms with van der Waals surface area (Å²) in [5.41, 5.74) is 10.0. The Kier molecular flexibility index (Phi) is 4.58. The number of fused-ring (bicyclic) bond motifs is 2. The summed E-state index contributed by atoms with van der Waals surface area (Å²) < 4.78 is 0. The minimum Gasteiger partial charge on any atom is -0.397 e. The van der Waals surface area contributed by atoms with Crippen LogP contribution >= 0.6 is 11.3 Å². The number of thiophene rings is 1. The zero-order chi connectivity index (χ0) is 19.0. The Morgan fingerprint density at radius 3 is 2.85 bits per heavy atom. The van der Waals surface area contributed by atoms with Gasteiger partial charge in [0.1, 0.15) is 9.71 Å². The topological polar surface area (TPSA) is 83.8 Å². The predicted octanol–water partition coefficient (Wildman–Crippen LogP) is 4.46. The summed E-state index contributed by atoms with van der Waals surface area (Å²) in [6.07, 6.45) is 2.76. The number of H-pyrrole nitrogens is 1. The largest absolute Gasteiger partial charge is 0.397 e. The summed E-state index contributed by atoms with van der Waals surface area (Å²) in [7, 11) is 0. The number of amides is 1. The maximum absolute atomic E-state index is 12.6. The van der Waals surface area contributed by atoms with E-state index >= 15 is 0 Å². The van der Waals surface area contributed by atoms with Gasteiger partial charge in [-0.25, -0.2) is 4.98 Å². The fourth-order valence-corrected chi connectivity index (χ4v) is 4.25. The van der Waals surface area contributed by atoms with Crippen LogP contribution in [0.15, 0.2) is 42.6 Å². The number of anilines is 1. The summed E-state index contributed by atoms with van der Waals surface area (Å²) in [6.45, 7) is 4.76. The standard InChI is InChI=1S/C21H22N4OS/c1-12(2)16-8-7-15-18(22)19(27-21(15)25-16)20(26)23-10-9-13-11-24-17-6-4-3-5-14(13)17/h3-8,11-12,24H,9-10,22H2,1-2H3,(H,23,26). The molecule has 1 aromatic carbocycles. The van der Waals surface area contributed by atoms with Gasteiger partial charge in [-0.1, -0.05) is 32.0 Å². The van der Waals surface area contributed by atoms with Crippen LogP contribution in [0, 0.1) is 0 Å². The van der Waals surface area contributed by atoms with Crippen LogP contribution in [0.4, 0.5) is 5.69 Å². The highest BCUT2D eigenvalue weighted by Gasteiger charge is 2.18. The van der Waals surface area contributed by atoms with Gasteiger partial charge < -0.3 is 16.0 Å². The van der Waals surface area contributed by atoms with Crippen LogP contribution in [0.3, 0.4) is 0 Å². The minimum atomic E-state index is -0.138. The molecule has 138 valence electrons. The molecule has 0 saturated heterocycles. The molecular weight excluding hydrogens is 356 g/mol. The Morgan fingerprint density at radius 1 is 1.22 bits per heavy atom. The summed E-state index contributed by atoms with van der Waals surface area (Å²) in [4.78, 5) is 21.9. The average molecular weight is 379 g/mol. The first kappa shape index (κ1) is 17.5. The molecule has 0 aliphatic heterocycles. The van der Waals surface area contributed by atoms with E-state index in [9.17, 15) is 4.79 Å². The van der Waals surface area contributed by atoms with E-state index in [1.54, 1.807) is 0 Å². The second-order valence-corrected chi connectivity index (χ2v) is 7.95. The van der Waals surface area contributed by atoms with Crippen molar-refractivity contribution in [1.82, 2.24) is 15.3 Å². The third-order valence-corrected chi connectivity index (χ3v) is 5.88. The van der Waals surface area contributed by atoms with Crippen LogP contribution in [-0.2, 0) is 6.42 Å². The zero-order valence-corrected chi connectivity index (χ0v) is 16.2. The number of nitrogen functional groups attached to an aromatic ring is 1. The lowest BCUT2D eigenvalue weighted by atomic mass is 10.1. The lowest BCUT2D eigenvalue weighted by Crippen LogP contribution is -2.25. The molecule has 0 aliphatic rings. The van der Waals surface area contributed by atoms with Crippen molar-refractivity contribution in [1.29, 1.82) is 0 Å². The average Bonchev–Trinajstić information content (AvgIpc) is 3.23. The van der Waals surface area contributed by atoms with Gasteiger partial charge in [-0.15, -0.1) is 11.3 Å². The van der Waals surface area contributed by atoms with Crippen LogP contribution in [0.5, 0.6) is 0 Å². The highest BCUT2D eigenvalue weighted by molar-refractivity contribution is 7.21. The second-order valence-electron chi connectivity index (χ2n) is 6.95. The van der Waals surface area contributed by atoms with Crippen molar-refractivity contribution in [3.8, 4) is 0 Å². The van der Waals surface area contributed by atoms with E-state index < -0.39 is 0 Å². The van der Waals surface area contributed by atoms with Gasteiger partial charge in [0.05, 0.1) is 5.69 Å². The van der Waals surface area contributed by atoms with Gasteiger partial charge in [0, 0.05) is 34.7 Å². The first-order chi connectivity index (χ1) is 13.0. The number of hydrogen-bond donors (Lipinski definition) is 3. The zero-order valence-electron chi connectivity index (χ0n) is 15.4. The number of benzene rings is 1. The van der Waals surface area contributed by atoms with E-state index in [4.69, 9.17) is 5.73 Å². The van der Waals surface area contributed by atoms with Crippen molar-refractivity contribution < 1.29 is 4.79 Å². The minimum absolute atomic E-state index is 0.138. The first-order valence-electron chi connectivity index (χ1n) is 9.06. The van der Waals surface area contributed by atoms with Gasteiger partial charge in [0.15, 0.2) is 0 Å². The van der Waals surface area contributed by atoms with Gasteiger partial charge in [-0.3, -0.25) is 4.79 Å². The molecular formula is C21H22N4OS. The van der Waals surface area contributed by atoms with Crippen LogP contribution < -0.4 is 11.1 Å². The van der Waals surface area contributed by atoms with Gasteiger partial charge >= 0.3 is 0 Å². The number of para-hydroxylation sites is 1. The number of nitrogens with two attached hydrogens (primary N) is 1. The number of hydrogen-bond acceptors (Lipinski definition) is 4. The molecule has 1 amide bonds. The predicted molar refractivity (Wildman–Crippen MR) is 112 cm³/mol. The highest BCUT2D eigenvalue weighted by atomic mass is 32.1. The molecule has 0 radical (unpaired) electrons. The number of pyridine rings is 1. The van der Waals surface area contributed by atoms with Crippen LogP contribution in [0.2, 0.25) is 0 Å². The molecule has 4 rings (SSSR count). The molecule has 0 aliphatic carbocycles. The maximum Gasteiger partial charge on any atom is 0.263 e. The van der Waals surface area contributed by atoms with E-state index in [0.29, 0.717) is 23.0 Å². The fraction of sp³-hybridized carbons (Fsp3) is 0.238. The van der Waals surface area contributed by atoms with Gasteiger partial charge in [0.2, 0.25) is 0 Å². The molecule has 0 bridgehead atoms. The van der Waals surface area contributed by atoms with Crippen LogP contribution in [0.1, 0.15) is 40.7 Å². The fourth-order valence-electron chi connectivity index (χ4n) is 3.23. The van der Waals surface area contributed by atoms with E-state index in [1.165, 1.54) is 22.3 Å². The SMILES string of the molecule is CC(C)c1ccc2c(N)c(C(=O)NCCc3c[nH]c4ccccc34)sc2n1. The number of nitrogens with zero attached hydrogens (tertiary/aromatic N) is 1. The summed E-state index contributed by atoms with van der Waals surface area (Å²) in [5, 5.41) is 5.04. The molecule has 0 unspecified atom stereocenters. The Labute approximate surface area is 161 Å². The molecule has 0 fully saturated rings. The van der Waals surface area contributed by atoms with Crippen molar-refractivity contribution in [3.63, 3.8) is 0 Å². The van der Waals surface area contributed by atoms with Crippen LogP contribution in [-0.4, -0.2) is 22.4 Å². The molecule has 6 heteroatoms. The number of rotatable bonds is 5. The molecule has 4 N–H and O–H groups in total. The van der Waals surface area contributed by atoms with Gasteiger partial charge in [-0.05, 0) is 36.1 Å². The van der Waals surface area contributed by atoms with E-state index in [-0.39, 0.29) is 5.91 Å². The lowest BCUT2D eigenvalue weighted by molar-refractivity contribution is 0.0959. The van der Waals surface area contributed by atoms with Gasteiger partial charge in [-0.2, -0.15) is 0 Å². The van der Waals surface area contributed by atoms with E-state index in [2.05, 4.69) is 35.2 Å². The molecule has 0 atom stereocenters. The molecule has 3 heterocycles. The summed E-state index contributed by atoms with van der Waals surface area (Å²) >= 11 is 1.36. The third kappa shape index (κ3) is 3.28. The smallest absolute Gasteiger partial charge is 0.263 e. The molecule has 5 nitrogen and oxygen atoms in total. The number of carbonyl (C=O) groups excluding carboxylic acids is 1. The van der Waals surface area contributed by atoms with E-state index in [1.807, 2.05) is 36.5 Å². The third-order valence-electron chi connectivity index (χ3n) is 4.77.